The molecule has 2 N–H and O–H groups in total. The van der Waals surface area contributed by atoms with E-state index < -0.39 is 0 Å². The summed E-state index contributed by atoms with van der Waals surface area (Å²) in [4.78, 5) is 9.37. The Morgan fingerprint density at radius 3 is 3.04 bits per heavy atom. The van der Waals surface area contributed by atoms with Gasteiger partial charge in [-0.05, 0) is 38.3 Å². The van der Waals surface area contributed by atoms with E-state index >= 15 is 0 Å². The molecule has 7 nitrogen and oxygen atoms in total. The molecule has 152 valence electrons. The number of ether oxygens (including phenoxy) is 1. The molecule has 1 aromatic carbocycles. The van der Waals surface area contributed by atoms with Crippen LogP contribution in [0, 0.1) is 6.92 Å². The zero-order chi connectivity index (χ0) is 18.6. The van der Waals surface area contributed by atoms with E-state index in [0.717, 1.165) is 68.9 Å². The molecule has 3 heterocycles. The number of nitrogens with zero attached hydrogens (tertiary/aromatic N) is 4. The van der Waals surface area contributed by atoms with Crippen LogP contribution < -0.4 is 15.4 Å². The molecule has 0 amide bonds. The maximum atomic E-state index is 5.77. The van der Waals surface area contributed by atoms with E-state index in [-0.39, 0.29) is 24.0 Å². The fraction of sp³-hybridized carbons (Fsp3) is 0.550. The van der Waals surface area contributed by atoms with Crippen LogP contribution in [0.5, 0.6) is 5.75 Å². The van der Waals surface area contributed by atoms with Crippen LogP contribution in [0.25, 0.3) is 0 Å². The van der Waals surface area contributed by atoms with Gasteiger partial charge in [-0.1, -0.05) is 18.2 Å². The van der Waals surface area contributed by atoms with Crippen LogP contribution in [-0.2, 0) is 13.0 Å². The summed E-state index contributed by atoms with van der Waals surface area (Å²) < 4.78 is 7.79. The highest BCUT2D eigenvalue weighted by molar-refractivity contribution is 14.0. The van der Waals surface area contributed by atoms with Crippen molar-refractivity contribution in [3.05, 3.63) is 41.5 Å². The molecule has 2 unspecified atom stereocenters. The number of fused-ring (bicyclic) bond motifs is 2. The van der Waals surface area contributed by atoms with Gasteiger partial charge >= 0.3 is 0 Å². The Bertz CT molecular complexity index is 821. The minimum Gasteiger partial charge on any atom is -0.493 e. The lowest BCUT2D eigenvalue weighted by Crippen LogP contribution is -2.47. The minimum atomic E-state index is 0. The number of guanidine groups is 1. The van der Waals surface area contributed by atoms with Crippen LogP contribution in [0.3, 0.4) is 0 Å². The van der Waals surface area contributed by atoms with Crippen molar-refractivity contribution in [1.82, 2.24) is 25.4 Å². The number of rotatable bonds is 4. The van der Waals surface area contributed by atoms with Crippen molar-refractivity contribution in [2.75, 3.05) is 19.7 Å². The first kappa shape index (κ1) is 20.9. The third-order valence-corrected chi connectivity index (χ3v) is 5.20. The van der Waals surface area contributed by atoms with Crippen molar-refractivity contribution >= 4 is 29.9 Å². The second-order valence-corrected chi connectivity index (χ2v) is 7.23. The number of nitrogens with one attached hydrogen (secondary N) is 2. The van der Waals surface area contributed by atoms with E-state index in [1.54, 1.807) is 0 Å². The van der Waals surface area contributed by atoms with Crippen LogP contribution in [0.2, 0.25) is 0 Å². The Morgan fingerprint density at radius 1 is 1.32 bits per heavy atom. The number of benzene rings is 1. The van der Waals surface area contributed by atoms with Gasteiger partial charge in [0.15, 0.2) is 5.96 Å². The van der Waals surface area contributed by atoms with E-state index in [1.807, 2.05) is 23.7 Å². The number of aromatic nitrogens is 3. The average molecular weight is 496 g/mol. The minimum absolute atomic E-state index is 0. The third-order valence-electron chi connectivity index (χ3n) is 5.20. The van der Waals surface area contributed by atoms with Crippen LogP contribution in [0.15, 0.2) is 29.3 Å². The van der Waals surface area contributed by atoms with Gasteiger partial charge in [-0.15, -0.1) is 24.0 Å². The van der Waals surface area contributed by atoms with Crippen molar-refractivity contribution in [1.29, 1.82) is 0 Å². The second-order valence-electron chi connectivity index (χ2n) is 7.23. The van der Waals surface area contributed by atoms with Crippen LogP contribution >= 0.6 is 24.0 Å². The maximum Gasteiger partial charge on any atom is 0.191 e. The molecule has 28 heavy (non-hydrogen) atoms. The monoisotopic (exact) mass is 496 g/mol. The number of hydrogen-bond acceptors (Lipinski definition) is 4. The molecule has 0 bridgehead atoms. The molecule has 0 radical (unpaired) electrons. The number of aryl methyl sites for hydroxylation is 2. The lowest BCUT2D eigenvalue weighted by atomic mass is 9.93. The van der Waals surface area contributed by atoms with Gasteiger partial charge in [0.05, 0.1) is 13.2 Å². The number of para-hydroxylation sites is 1. The lowest BCUT2D eigenvalue weighted by Gasteiger charge is -2.27. The SMILES string of the molecule is CCNC(=NCC1CCOc2ccccc21)NC1CCc2nc(C)nn2C1.I. The maximum absolute atomic E-state index is 5.77. The zero-order valence-corrected chi connectivity index (χ0v) is 18.8. The van der Waals surface area contributed by atoms with Gasteiger partial charge in [-0.3, -0.25) is 4.99 Å². The van der Waals surface area contributed by atoms with Gasteiger partial charge in [-0.2, -0.15) is 5.10 Å². The average Bonchev–Trinajstić information content (AvgIpc) is 3.05. The van der Waals surface area contributed by atoms with Crippen LogP contribution in [0.1, 0.15) is 42.9 Å². The Kier molecular flexibility index (Phi) is 7.14. The molecule has 0 spiro atoms. The molecule has 1 aromatic heterocycles. The molecule has 8 heteroatoms. The van der Waals surface area contributed by atoms with Crippen molar-refractivity contribution in [2.45, 2.75) is 51.6 Å². The molecule has 2 aromatic rings. The topological polar surface area (TPSA) is 76.4 Å². The second kappa shape index (κ2) is 9.58. The molecular formula is C20H29IN6O. The molecule has 0 saturated heterocycles. The first-order chi connectivity index (χ1) is 13.2. The quantitative estimate of drug-likeness (QED) is 0.387. The number of aliphatic imine (C=N–C) groups is 1. The van der Waals surface area contributed by atoms with Gasteiger partial charge in [0.25, 0.3) is 0 Å². The van der Waals surface area contributed by atoms with Crippen LogP contribution in [-0.4, -0.2) is 46.5 Å². The molecule has 2 aliphatic heterocycles. The summed E-state index contributed by atoms with van der Waals surface area (Å²) in [6.07, 6.45) is 3.00. The summed E-state index contributed by atoms with van der Waals surface area (Å²) >= 11 is 0. The van der Waals surface area contributed by atoms with Gasteiger partial charge in [0, 0.05) is 31.5 Å². The molecule has 2 atom stereocenters. The first-order valence-corrected chi connectivity index (χ1v) is 9.90. The van der Waals surface area contributed by atoms with Crippen molar-refractivity contribution in [3.63, 3.8) is 0 Å². The van der Waals surface area contributed by atoms with Gasteiger partial charge in [0.2, 0.25) is 0 Å². The first-order valence-electron chi connectivity index (χ1n) is 9.90. The number of hydrogen-bond donors (Lipinski definition) is 2. The molecule has 0 fully saturated rings. The number of halogens is 1. The Morgan fingerprint density at radius 2 is 2.18 bits per heavy atom. The Hall–Kier alpha value is -1.84. The summed E-state index contributed by atoms with van der Waals surface area (Å²) in [5, 5.41) is 11.5. The Labute approximate surface area is 183 Å². The van der Waals surface area contributed by atoms with Gasteiger partial charge < -0.3 is 15.4 Å². The molecule has 2 aliphatic rings. The summed E-state index contributed by atoms with van der Waals surface area (Å²) in [6, 6.07) is 8.63. The van der Waals surface area contributed by atoms with E-state index in [9.17, 15) is 0 Å². The predicted molar refractivity (Wildman–Crippen MR) is 121 cm³/mol. The lowest BCUT2D eigenvalue weighted by molar-refractivity contribution is 0.269. The van der Waals surface area contributed by atoms with Gasteiger partial charge in [-0.25, -0.2) is 9.67 Å². The van der Waals surface area contributed by atoms with Gasteiger partial charge in [0.1, 0.15) is 17.4 Å². The highest BCUT2D eigenvalue weighted by Crippen LogP contribution is 2.33. The summed E-state index contributed by atoms with van der Waals surface area (Å²) in [7, 11) is 0. The van der Waals surface area contributed by atoms with E-state index in [4.69, 9.17) is 9.73 Å². The van der Waals surface area contributed by atoms with Crippen molar-refractivity contribution in [3.8, 4) is 5.75 Å². The Balaban J connectivity index is 0.00000225. The van der Waals surface area contributed by atoms with Crippen molar-refractivity contribution < 1.29 is 4.74 Å². The summed E-state index contributed by atoms with van der Waals surface area (Å²) in [5.74, 6) is 4.23. The highest BCUT2D eigenvalue weighted by Gasteiger charge is 2.23. The van der Waals surface area contributed by atoms with Crippen molar-refractivity contribution in [2.24, 2.45) is 4.99 Å². The normalized spacial score (nSPS) is 21.0. The third kappa shape index (κ3) is 4.76. The standard InChI is InChI=1S/C20H28N6O.HI/c1-3-21-20(24-16-8-9-19-23-14(2)25-26(19)13-16)22-12-15-10-11-27-18-7-5-4-6-17(15)18;/h4-7,15-16H,3,8-13H2,1-2H3,(H2,21,22,24);1H. The summed E-state index contributed by atoms with van der Waals surface area (Å²) in [6.45, 7) is 7.25. The largest absolute Gasteiger partial charge is 0.493 e. The highest BCUT2D eigenvalue weighted by atomic mass is 127. The molecule has 0 aliphatic carbocycles. The predicted octanol–water partition coefficient (Wildman–Crippen LogP) is 2.64. The molecule has 0 saturated carbocycles. The van der Waals surface area contributed by atoms with E-state index in [0.29, 0.717) is 12.0 Å². The smallest absolute Gasteiger partial charge is 0.191 e. The fourth-order valence-corrected chi connectivity index (χ4v) is 3.87. The molecular weight excluding hydrogens is 467 g/mol. The van der Waals surface area contributed by atoms with E-state index in [2.05, 4.69) is 39.8 Å². The van der Waals surface area contributed by atoms with Crippen LogP contribution in [0.4, 0.5) is 0 Å². The summed E-state index contributed by atoms with van der Waals surface area (Å²) in [5.41, 5.74) is 1.27. The zero-order valence-electron chi connectivity index (χ0n) is 16.5. The molecule has 4 rings (SSSR count). The van der Waals surface area contributed by atoms with E-state index in [1.165, 1.54) is 5.56 Å². The fourth-order valence-electron chi connectivity index (χ4n) is 3.87.